The Morgan fingerprint density at radius 1 is 1.15 bits per heavy atom. The number of nitrogens with one attached hydrogen (secondary N) is 2. The third kappa shape index (κ3) is 12.1. The van der Waals surface area contributed by atoms with Gasteiger partial charge < -0.3 is 25.2 Å². The molecule has 1 fully saturated rings. The average molecular weight is 500 g/mol. The molecular weight excluding hydrogens is 459 g/mol. The van der Waals surface area contributed by atoms with Gasteiger partial charge in [0.15, 0.2) is 5.96 Å². The van der Waals surface area contributed by atoms with Crippen LogP contribution in [-0.4, -0.2) is 87.3 Å². The van der Waals surface area contributed by atoms with Gasteiger partial charge in [0.2, 0.25) is 0 Å². The molecule has 1 aliphatic heterocycles. The Bertz CT molecular complexity index is 391. The smallest absolute Gasteiger partial charge is 0.191 e. The van der Waals surface area contributed by atoms with Crippen molar-refractivity contribution in [3.63, 3.8) is 0 Å². The van der Waals surface area contributed by atoms with Gasteiger partial charge in [0.05, 0.1) is 32.5 Å². The standard InChI is InChI=1S/C19H40N4O3.HI/c1-6-20-19(21-11-17(24)14-26-13-15(2)3)22-12-18(16(4)5)23-7-9-25-10-8-23;/h15-18,24H,6-14H2,1-5H3,(H2,20,21,22);1H. The molecule has 1 saturated heterocycles. The van der Waals surface area contributed by atoms with E-state index < -0.39 is 6.10 Å². The number of aliphatic imine (C=N–C) groups is 1. The van der Waals surface area contributed by atoms with E-state index in [0.717, 1.165) is 45.4 Å². The summed E-state index contributed by atoms with van der Waals surface area (Å²) in [5.74, 6) is 1.74. The summed E-state index contributed by atoms with van der Waals surface area (Å²) in [5.41, 5.74) is 0. The Balaban J connectivity index is 0.00000676. The van der Waals surface area contributed by atoms with Gasteiger partial charge in [-0.25, -0.2) is 0 Å². The summed E-state index contributed by atoms with van der Waals surface area (Å²) >= 11 is 0. The Morgan fingerprint density at radius 3 is 2.37 bits per heavy atom. The molecule has 0 aromatic rings. The lowest BCUT2D eigenvalue weighted by Gasteiger charge is -2.36. The van der Waals surface area contributed by atoms with E-state index in [1.165, 1.54) is 0 Å². The molecular formula is C19H41IN4O3. The van der Waals surface area contributed by atoms with Crippen LogP contribution in [0.3, 0.4) is 0 Å². The second-order valence-corrected chi connectivity index (χ2v) is 7.65. The Labute approximate surface area is 182 Å². The van der Waals surface area contributed by atoms with Gasteiger partial charge in [-0.3, -0.25) is 9.89 Å². The predicted octanol–water partition coefficient (Wildman–Crippen LogP) is 1.55. The topological polar surface area (TPSA) is 78.4 Å². The molecule has 2 unspecified atom stereocenters. The van der Waals surface area contributed by atoms with Crippen LogP contribution in [0.2, 0.25) is 0 Å². The first kappa shape index (κ1) is 26.8. The molecule has 3 N–H and O–H groups in total. The second-order valence-electron chi connectivity index (χ2n) is 7.65. The van der Waals surface area contributed by atoms with Gasteiger partial charge in [-0.05, 0) is 18.8 Å². The van der Waals surface area contributed by atoms with Gasteiger partial charge >= 0.3 is 0 Å². The lowest BCUT2D eigenvalue weighted by atomic mass is 10.0. The lowest BCUT2D eigenvalue weighted by molar-refractivity contribution is 0.00865. The van der Waals surface area contributed by atoms with E-state index in [-0.39, 0.29) is 24.0 Å². The number of halogens is 1. The number of rotatable bonds is 11. The molecule has 1 aliphatic rings. The highest BCUT2D eigenvalue weighted by Gasteiger charge is 2.23. The Kier molecular flexibility index (Phi) is 15.6. The quantitative estimate of drug-likeness (QED) is 0.227. The summed E-state index contributed by atoms with van der Waals surface area (Å²) in [5, 5.41) is 16.5. The fraction of sp³-hybridized carbons (Fsp3) is 0.947. The Morgan fingerprint density at radius 2 is 1.81 bits per heavy atom. The maximum atomic E-state index is 10.1. The van der Waals surface area contributed by atoms with Crippen LogP contribution in [-0.2, 0) is 9.47 Å². The van der Waals surface area contributed by atoms with E-state index in [1.54, 1.807) is 0 Å². The van der Waals surface area contributed by atoms with Crippen LogP contribution in [0.5, 0.6) is 0 Å². The van der Waals surface area contributed by atoms with Crippen LogP contribution in [0.1, 0.15) is 34.6 Å². The molecule has 2 atom stereocenters. The van der Waals surface area contributed by atoms with Crippen LogP contribution in [0.15, 0.2) is 4.99 Å². The van der Waals surface area contributed by atoms with E-state index in [4.69, 9.17) is 14.5 Å². The molecule has 0 amide bonds. The first-order chi connectivity index (χ1) is 12.4. The molecule has 0 saturated carbocycles. The highest BCUT2D eigenvalue weighted by molar-refractivity contribution is 14.0. The fourth-order valence-electron chi connectivity index (χ4n) is 2.90. The van der Waals surface area contributed by atoms with Crippen molar-refractivity contribution in [2.24, 2.45) is 16.8 Å². The van der Waals surface area contributed by atoms with Gasteiger partial charge in [0.1, 0.15) is 0 Å². The lowest BCUT2D eigenvalue weighted by Crippen LogP contribution is -2.48. The molecule has 0 aromatic carbocycles. The number of hydrogen-bond donors (Lipinski definition) is 3. The van der Waals surface area contributed by atoms with E-state index in [9.17, 15) is 5.11 Å². The van der Waals surface area contributed by atoms with E-state index in [2.05, 4.69) is 43.2 Å². The maximum Gasteiger partial charge on any atom is 0.191 e. The average Bonchev–Trinajstić information content (AvgIpc) is 2.60. The fourth-order valence-corrected chi connectivity index (χ4v) is 2.90. The number of hydrogen-bond acceptors (Lipinski definition) is 5. The van der Waals surface area contributed by atoms with Gasteiger partial charge in [-0.15, -0.1) is 24.0 Å². The first-order valence-electron chi connectivity index (χ1n) is 10.0. The van der Waals surface area contributed by atoms with Gasteiger partial charge in [-0.1, -0.05) is 27.7 Å². The summed E-state index contributed by atoms with van der Waals surface area (Å²) in [6.45, 7) is 17.2. The van der Waals surface area contributed by atoms with Gasteiger partial charge in [0.25, 0.3) is 0 Å². The van der Waals surface area contributed by atoms with Crippen LogP contribution >= 0.6 is 24.0 Å². The molecule has 0 aromatic heterocycles. The van der Waals surface area contributed by atoms with Crippen molar-refractivity contribution in [3.8, 4) is 0 Å². The molecule has 0 aliphatic carbocycles. The molecule has 1 heterocycles. The van der Waals surface area contributed by atoms with Gasteiger partial charge in [-0.2, -0.15) is 0 Å². The molecule has 0 bridgehead atoms. The minimum absolute atomic E-state index is 0. The van der Waals surface area contributed by atoms with Crippen LogP contribution in [0, 0.1) is 11.8 Å². The molecule has 27 heavy (non-hydrogen) atoms. The van der Waals surface area contributed by atoms with Crippen molar-refractivity contribution >= 4 is 29.9 Å². The highest BCUT2D eigenvalue weighted by atomic mass is 127. The summed E-state index contributed by atoms with van der Waals surface area (Å²) in [7, 11) is 0. The van der Waals surface area contributed by atoms with Crippen LogP contribution in [0.4, 0.5) is 0 Å². The SMILES string of the molecule is CCNC(=NCC(C(C)C)N1CCOCC1)NCC(O)COCC(C)C.I. The van der Waals surface area contributed by atoms with Crippen LogP contribution in [0.25, 0.3) is 0 Å². The maximum absolute atomic E-state index is 10.1. The zero-order chi connectivity index (χ0) is 19.4. The minimum Gasteiger partial charge on any atom is -0.389 e. The summed E-state index contributed by atoms with van der Waals surface area (Å²) in [4.78, 5) is 7.22. The number of guanidine groups is 1. The normalized spacial score (nSPS) is 18.3. The van der Waals surface area contributed by atoms with Crippen molar-refractivity contribution < 1.29 is 14.6 Å². The molecule has 8 heteroatoms. The first-order valence-corrected chi connectivity index (χ1v) is 10.0. The minimum atomic E-state index is -0.544. The van der Waals surface area contributed by atoms with Crippen molar-refractivity contribution in [1.82, 2.24) is 15.5 Å². The summed E-state index contributed by atoms with van der Waals surface area (Å²) in [6.07, 6.45) is -0.544. The monoisotopic (exact) mass is 500 g/mol. The second kappa shape index (κ2) is 15.7. The molecule has 0 radical (unpaired) electrons. The van der Waals surface area contributed by atoms with Crippen LogP contribution < -0.4 is 10.6 Å². The van der Waals surface area contributed by atoms with Gasteiger partial charge in [0, 0.05) is 38.8 Å². The summed E-state index contributed by atoms with van der Waals surface area (Å²) < 4.78 is 11.0. The zero-order valence-corrected chi connectivity index (χ0v) is 20.1. The Hall–Kier alpha value is -0.160. The van der Waals surface area contributed by atoms with E-state index in [0.29, 0.717) is 37.6 Å². The molecule has 7 nitrogen and oxygen atoms in total. The van der Waals surface area contributed by atoms with E-state index >= 15 is 0 Å². The van der Waals surface area contributed by atoms with Crippen molar-refractivity contribution in [2.45, 2.75) is 46.8 Å². The van der Waals surface area contributed by atoms with E-state index in [1.807, 2.05) is 6.92 Å². The third-order valence-electron chi connectivity index (χ3n) is 4.33. The largest absolute Gasteiger partial charge is 0.389 e. The van der Waals surface area contributed by atoms with Crippen molar-refractivity contribution in [3.05, 3.63) is 0 Å². The third-order valence-corrected chi connectivity index (χ3v) is 4.33. The zero-order valence-electron chi connectivity index (χ0n) is 17.7. The number of nitrogens with zero attached hydrogens (tertiary/aromatic N) is 2. The summed E-state index contributed by atoms with van der Waals surface area (Å²) in [6, 6.07) is 0.397. The number of aliphatic hydroxyl groups excluding tert-OH is 1. The highest BCUT2D eigenvalue weighted by Crippen LogP contribution is 2.13. The number of morpholine rings is 1. The molecule has 162 valence electrons. The number of aliphatic hydroxyl groups is 1. The number of ether oxygens (including phenoxy) is 2. The van der Waals surface area contributed by atoms with Crippen molar-refractivity contribution in [2.75, 3.05) is 59.2 Å². The molecule has 0 spiro atoms. The van der Waals surface area contributed by atoms with Crippen molar-refractivity contribution in [1.29, 1.82) is 0 Å². The predicted molar refractivity (Wildman–Crippen MR) is 122 cm³/mol. The molecule has 1 rings (SSSR count).